The van der Waals surface area contributed by atoms with Crippen molar-refractivity contribution in [2.24, 2.45) is 17.8 Å². The van der Waals surface area contributed by atoms with Gasteiger partial charge in [0, 0.05) is 18.3 Å². The van der Waals surface area contributed by atoms with Crippen molar-refractivity contribution in [2.45, 2.75) is 54.6 Å². The monoisotopic (exact) mass is 410 g/mol. The number of aliphatic carboxylic acids is 2. The Hall–Kier alpha value is -1.72. The van der Waals surface area contributed by atoms with Crippen LogP contribution in [-0.2, 0) is 9.59 Å². The van der Waals surface area contributed by atoms with Gasteiger partial charge in [-0.15, -0.1) is 10.2 Å². The number of hydrogen-bond donors (Lipinski definition) is 4. The standard InChI is InChI=1S/C17H26N6O4S/c24-15(25)13-4-11-3-9(1-2-10(11)6-18-13)7-23-8-12(5-14(23)16(26)27)28-17-19-21-22-20-17/h9-14,18H,1-8H2,(H,24,25)(H,26,27)(H,19,20,21,22). The van der Waals surface area contributed by atoms with E-state index in [1.807, 2.05) is 0 Å². The molecule has 10 nitrogen and oxygen atoms in total. The summed E-state index contributed by atoms with van der Waals surface area (Å²) < 4.78 is 0. The lowest BCUT2D eigenvalue weighted by molar-refractivity contribution is -0.143. The number of hydrogen-bond acceptors (Lipinski definition) is 8. The molecule has 1 aromatic heterocycles. The Morgan fingerprint density at radius 3 is 2.71 bits per heavy atom. The summed E-state index contributed by atoms with van der Waals surface area (Å²) in [5, 5.41) is 36.7. The van der Waals surface area contributed by atoms with Gasteiger partial charge in [-0.2, -0.15) is 5.21 Å². The number of piperidine rings is 1. The average molecular weight is 411 g/mol. The fourth-order valence-corrected chi connectivity index (χ4v) is 6.13. The van der Waals surface area contributed by atoms with Gasteiger partial charge in [0.2, 0.25) is 5.16 Å². The Balaban J connectivity index is 1.35. The number of likely N-dealkylation sites (tertiary alicyclic amines) is 1. The van der Waals surface area contributed by atoms with Crippen molar-refractivity contribution < 1.29 is 19.8 Å². The van der Waals surface area contributed by atoms with E-state index in [-0.39, 0.29) is 5.25 Å². The molecule has 4 rings (SSSR count). The SMILES string of the molecule is O=C(O)C1CC2CC(CN3CC(Sc4nn[nH]n4)CC3C(=O)O)CCC2CN1. The molecule has 1 aliphatic carbocycles. The average Bonchev–Trinajstić information content (AvgIpc) is 3.31. The normalized spacial score (nSPS) is 36.1. The Bertz CT molecular complexity index is 704. The number of fused-ring (bicyclic) bond motifs is 1. The van der Waals surface area contributed by atoms with E-state index < -0.39 is 24.0 Å². The van der Waals surface area contributed by atoms with Crippen molar-refractivity contribution in [2.75, 3.05) is 19.6 Å². The lowest BCUT2D eigenvalue weighted by atomic mass is 9.69. The maximum atomic E-state index is 11.8. The predicted octanol–water partition coefficient (Wildman–Crippen LogP) is 0.298. The summed E-state index contributed by atoms with van der Waals surface area (Å²) >= 11 is 1.47. The molecule has 1 saturated carbocycles. The van der Waals surface area contributed by atoms with E-state index in [2.05, 4.69) is 30.8 Å². The first-order chi connectivity index (χ1) is 13.5. The number of aromatic nitrogens is 4. The Kier molecular flexibility index (Phi) is 5.83. The molecular formula is C17H26N6O4S. The molecule has 154 valence electrons. The fraction of sp³-hybridized carbons (Fsp3) is 0.824. The van der Waals surface area contributed by atoms with Gasteiger partial charge >= 0.3 is 11.9 Å². The van der Waals surface area contributed by atoms with Crippen molar-refractivity contribution in [1.29, 1.82) is 0 Å². The van der Waals surface area contributed by atoms with Gasteiger partial charge in [-0.1, -0.05) is 11.8 Å². The van der Waals surface area contributed by atoms with E-state index in [1.54, 1.807) is 0 Å². The summed E-state index contributed by atoms with van der Waals surface area (Å²) in [6.45, 7) is 2.23. The second-order valence-corrected chi connectivity index (χ2v) is 9.48. The number of thioether (sulfide) groups is 1. The van der Waals surface area contributed by atoms with Crippen LogP contribution in [0.5, 0.6) is 0 Å². The summed E-state index contributed by atoms with van der Waals surface area (Å²) in [7, 11) is 0. The largest absolute Gasteiger partial charge is 0.480 e. The van der Waals surface area contributed by atoms with E-state index in [4.69, 9.17) is 0 Å². The molecule has 11 heteroatoms. The van der Waals surface area contributed by atoms with Crippen molar-refractivity contribution in [3.63, 3.8) is 0 Å². The van der Waals surface area contributed by atoms with Crippen LogP contribution in [0.4, 0.5) is 0 Å². The van der Waals surface area contributed by atoms with Crippen LogP contribution in [0.25, 0.3) is 0 Å². The third-order valence-corrected chi connectivity index (χ3v) is 7.51. The smallest absolute Gasteiger partial charge is 0.320 e. The lowest BCUT2D eigenvalue weighted by Gasteiger charge is -2.42. The highest BCUT2D eigenvalue weighted by Crippen LogP contribution is 2.40. The molecule has 3 aliphatic rings. The van der Waals surface area contributed by atoms with Crippen molar-refractivity contribution >= 4 is 23.7 Å². The van der Waals surface area contributed by atoms with Gasteiger partial charge in [0.15, 0.2) is 0 Å². The van der Waals surface area contributed by atoms with Crippen LogP contribution in [0.2, 0.25) is 0 Å². The highest BCUT2D eigenvalue weighted by Gasteiger charge is 2.42. The van der Waals surface area contributed by atoms with E-state index in [0.29, 0.717) is 42.3 Å². The number of rotatable bonds is 6. The minimum atomic E-state index is -0.780. The first kappa shape index (κ1) is 19.6. The van der Waals surface area contributed by atoms with Crippen LogP contribution in [-0.4, -0.2) is 84.6 Å². The van der Waals surface area contributed by atoms with Crippen molar-refractivity contribution in [3.8, 4) is 0 Å². The molecule has 2 saturated heterocycles. The highest BCUT2D eigenvalue weighted by atomic mass is 32.2. The molecule has 2 aliphatic heterocycles. The van der Waals surface area contributed by atoms with E-state index in [1.165, 1.54) is 11.8 Å². The number of tetrazole rings is 1. The van der Waals surface area contributed by atoms with Crippen LogP contribution in [0, 0.1) is 17.8 Å². The molecule has 3 heterocycles. The third kappa shape index (κ3) is 4.31. The fourth-order valence-electron chi connectivity index (χ4n) is 5.10. The zero-order valence-corrected chi connectivity index (χ0v) is 16.3. The second kappa shape index (κ2) is 8.34. The number of carboxylic acid groups (broad SMARTS) is 2. The van der Waals surface area contributed by atoms with Gasteiger partial charge in [0.05, 0.1) is 0 Å². The highest BCUT2D eigenvalue weighted by molar-refractivity contribution is 7.99. The zero-order chi connectivity index (χ0) is 19.7. The molecular weight excluding hydrogens is 384 g/mol. The summed E-state index contributed by atoms with van der Waals surface area (Å²) in [4.78, 5) is 25.2. The molecule has 0 aromatic carbocycles. The Morgan fingerprint density at radius 2 is 2.00 bits per heavy atom. The Labute approximate surface area is 166 Å². The topological polar surface area (TPSA) is 144 Å². The second-order valence-electron chi connectivity index (χ2n) is 8.21. The van der Waals surface area contributed by atoms with Crippen LogP contribution < -0.4 is 5.32 Å². The number of carbonyl (C=O) groups is 2. The summed E-state index contributed by atoms with van der Waals surface area (Å²) in [6, 6.07) is -0.934. The van der Waals surface area contributed by atoms with E-state index in [0.717, 1.165) is 32.4 Å². The quantitative estimate of drug-likeness (QED) is 0.516. The van der Waals surface area contributed by atoms with Gasteiger partial charge in [-0.25, -0.2) is 0 Å². The van der Waals surface area contributed by atoms with Crippen molar-refractivity contribution in [3.05, 3.63) is 0 Å². The van der Waals surface area contributed by atoms with E-state index in [9.17, 15) is 19.8 Å². The zero-order valence-electron chi connectivity index (χ0n) is 15.5. The maximum absolute atomic E-state index is 11.8. The molecule has 0 bridgehead atoms. The first-order valence-electron chi connectivity index (χ1n) is 9.82. The molecule has 6 unspecified atom stereocenters. The molecule has 3 fully saturated rings. The van der Waals surface area contributed by atoms with E-state index >= 15 is 0 Å². The maximum Gasteiger partial charge on any atom is 0.320 e. The van der Waals surface area contributed by atoms with Crippen LogP contribution in [0.1, 0.15) is 32.1 Å². The third-order valence-electron chi connectivity index (χ3n) is 6.45. The van der Waals surface area contributed by atoms with Gasteiger partial charge in [-0.3, -0.25) is 14.5 Å². The molecule has 0 amide bonds. The minimum Gasteiger partial charge on any atom is -0.480 e. The van der Waals surface area contributed by atoms with Gasteiger partial charge in [0.1, 0.15) is 12.1 Å². The van der Waals surface area contributed by atoms with Gasteiger partial charge in [0.25, 0.3) is 0 Å². The number of nitrogens with one attached hydrogen (secondary N) is 2. The molecule has 6 atom stereocenters. The minimum absolute atomic E-state index is 0.130. The number of nitrogens with zero attached hydrogens (tertiary/aromatic N) is 4. The molecule has 28 heavy (non-hydrogen) atoms. The first-order valence-corrected chi connectivity index (χ1v) is 10.7. The van der Waals surface area contributed by atoms with Crippen LogP contribution in [0.3, 0.4) is 0 Å². The van der Waals surface area contributed by atoms with Crippen LogP contribution in [0.15, 0.2) is 5.16 Å². The molecule has 4 N–H and O–H groups in total. The number of aromatic amines is 1. The summed E-state index contributed by atoms with van der Waals surface area (Å²) in [5.41, 5.74) is 0. The molecule has 0 radical (unpaired) electrons. The number of H-pyrrole nitrogens is 1. The van der Waals surface area contributed by atoms with Gasteiger partial charge in [-0.05, 0) is 61.6 Å². The number of carboxylic acids is 2. The Morgan fingerprint density at radius 1 is 1.14 bits per heavy atom. The summed E-state index contributed by atoms with van der Waals surface area (Å²) in [6.07, 6.45) is 4.39. The van der Waals surface area contributed by atoms with Gasteiger partial charge < -0.3 is 15.5 Å². The molecule has 0 spiro atoms. The van der Waals surface area contributed by atoms with Crippen molar-refractivity contribution in [1.82, 2.24) is 30.8 Å². The predicted molar refractivity (Wildman–Crippen MR) is 99.8 cm³/mol. The lowest BCUT2D eigenvalue weighted by Crippen LogP contribution is -2.50. The molecule has 1 aromatic rings. The summed E-state index contributed by atoms with van der Waals surface area (Å²) in [5.74, 6) is -0.173. The van der Waals surface area contributed by atoms with Crippen LogP contribution >= 0.6 is 11.8 Å².